The normalized spacial score (nSPS) is 14.3. The molecule has 0 amide bonds. The average Bonchev–Trinajstić information content (AvgIpc) is 2.20. The van der Waals surface area contributed by atoms with Crippen LogP contribution in [0.2, 0.25) is 0 Å². The molecule has 0 bridgehead atoms. The van der Waals surface area contributed by atoms with Crippen molar-refractivity contribution in [1.29, 1.82) is 0 Å². The van der Waals surface area contributed by atoms with Crippen LogP contribution in [0.25, 0.3) is 0 Å². The van der Waals surface area contributed by atoms with Crippen molar-refractivity contribution in [3.63, 3.8) is 0 Å². The predicted molar refractivity (Wildman–Crippen MR) is 69.0 cm³/mol. The topological polar surface area (TPSA) is 58.2 Å². The van der Waals surface area contributed by atoms with Crippen LogP contribution < -0.4 is 10.0 Å². The maximum absolute atomic E-state index is 11.7. The van der Waals surface area contributed by atoms with Crippen molar-refractivity contribution in [3.05, 3.63) is 0 Å². The molecule has 0 spiro atoms. The first-order valence-electron chi connectivity index (χ1n) is 6.09. The van der Waals surface area contributed by atoms with E-state index < -0.39 is 10.0 Å². The van der Waals surface area contributed by atoms with E-state index in [1.54, 1.807) is 6.92 Å². The van der Waals surface area contributed by atoms with E-state index in [0.29, 0.717) is 19.0 Å². The summed E-state index contributed by atoms with van der Waals surface area (Å²) in [5.74, 6) is 0.628. The summed E-state index contributed by atoms with van der Waals surface area (Å²) < 4.78 is 26.1. The molecule has 0 aliphatic rings. The molecule has 16 heavy (non-hydrogen) atoms. The fourth-order valence-corrected chi connectivity index (χ4v) is 2.37. The molecule has 5 heteroatoms. The SMILES string of the molecule is CCNCC(C)S(=O)(=O)NCCCC(C)C. The van der Waals surface area contributed by atoms with Crippen LogP contribution in [0.15, 0.2) is 0 Å². The van der Waals surface area contributed by atoms with E-state index in [4.69, 9.17) is 0 Å². The van der Waals surface area contributed by atoms with Crippen molar-refractivity contribution in [3.8, 4) is 0 Å². The number of nitrogens with one attached hydrogen (secondary N) is 2. The summed E-state index contributed by atoms with van der Waals surface area (Å²) in [7, 11) is -3.14. The van der Waals surface area contributed by atoms with Gasteiger partial charge in [-0.15, -0.1) is 0 Å². The van der Waals surface area contributed by atoms with Gasteiger partial charge in [0.25, 0.3) is 0 Å². The van der Waals surface area contributed by atoms with Gasteiger partial charge >= 0.3 is 0 Å². The third kappa shape index (κ3) is 7.19. The minimum atomic E-state index is -3.14. The van der Waals surface area contributed by atoms with Crippen molar-refractivity contribution in [2.24, 2.45) is 5.92 Å². The van der Waals surface area contributed by atoms with Gasteiger partial charge in [-0.2, -0.15) is 0 Å². The molecule has 2 N–H and O–H groups in total. The molecule has 1 atom stereocenters. The molecule has 0 rings (SSSR count). The van der Waals surface area contributed by atoms with Crippen molar-refractivity contribution in [2.75, 3.05) is 19.6 Å². The van der Waals surface area contributed by atoms with Gasteiger partial charge in [0.2, 0.25) is 10.0 Å². The number of rotatable bonds is 9. The molecule has 0 aromatic rings. The largest absolute Gasteiger partial charge is 0.316 e. The molecule has 0 aliphatic heterocycles. The first-order valence-corrected chi connectivity index (χ1v) is 7.64. The Morgan fingerprint density at radius 2 is 1.81 bits per heavy atom. The second-order valence-electron chi connectivity index (χ2n) is 4.59. The fraction of sp³-hybridized carbons (Fsp3) is 1.00. The van der Waals surface area contributed by atoms with Gasteiger partial charge in [0.05, 0.1) is 5.25 Å². The molecule has 0 saturated heterocycles. The molecule has 0 fully saturated rings. The van der Waals surface area contributed by atoms with Gasteiger partial charge in [-0.05, 0) is 32.2 Å². The maximum atomic E-state index is 11.7. The Hall–Kier alpha value is -0.130. The van der Waals surface area contributed by atoms with Crippen LogP contribution in [-0.4, -0.2) is 33.3 Å². The smallest absolute Gasteiger partial charge is 0.215 e. The summed E-state index contributed by atoms with van der Waals surface area (Å²) in [5, 5.41) is 2.67. The molecule has 0 aliphatic carbocycles. The third-order valence-corrected chi connectivity index (χ3v) is 4.31. The van der Waals surface area contributed by atoms with Crippen LogP contribution in [0.1, 0.15) is 40.5 Å². The lowest BCUT2D eigenvalue weighted by Crippen LogP contribution is -2.39. The van der Waals surface area contributed by atoms with E-state index in [1.165, 1.54) is 0 Å². The lowest BCUT2D eigenvalue weighted by atomic mass is 10.1. The molecule has 0 aromatic heterocycles. The fourth-order valence-electron chi connectivity index (χ4n) is 1.32. The Labute approximate surface area is 100 Å². The van der Waals surface area contributed by atoms with Crippen molar-refractivity contribution >= 4 is 10.0 Å². The van der Waals surface area contributed by atoms with Crippen LogP contribution >= 0.6 is 0 Å². The van der Waals surface area contributed by atoms with Gasteiger partial charge in [0.1, 0.15) is 0 Å². The molecule has 1 unspecified atom stereocenters. The lowest BCUT2D eigenvalue weighted by Gasteiger charge is -2.14. The van der Waals surface area contributed by atoms with Crippen LogP contribution in [0.5, 0.6) is 0 Å². The van der Waals surface area contributed by atoms with E-state index in [2.05, 4.69) is 23.9 Å². The maximum Gasteiger partial charge on any atom is 0.215 e. The zero-order chi connectivity index (χ0) is 12.6. The molecule has 98 valence electrons. The highest BCUT2D eigenvalue weighted by molar-refractivity contribution is 7.90. The monoisotopic (exact) mass is 250 g/mol. The first-order chi connectivity index (χ1) is 7.40. The Kier molecular flexibility index (Phi) is 7.97. The van der Waals surface area contributed by atoms with Gasteiger partial charge in [-0.25, -0.2) is 13.1 Å². The van der Waals surface area contributed by atoms with Crippen molar-refractivity contribution < 1.29 is 8.42 Å². The van der Waals surface area contributed by atoms with Crippen molar-refractivity contribution in [1.82, 2.24) is 10.0 Å². The van der Waals surface area contributed by atoms with Crippen LogP contribution in [0.4, 0.5) is 0 Å². The summed E-state index contributed by atoms with van der Waals surface area (Å²) in [6, 6.07) is 0. The van der Waals surface area contributed by atoms with E-state index >= 15 is 0 Å². The van der Waals surface area contributed by atoms with Gasteiger partial charge in [0.15, 0.2) is 0 Å². The summed E-state index contributed by atoms with van der Waals surface area (Å²) in [6.07, 6.45) is 1.97. The third-order valence-electron chi connectivity index (χ3n) is 2.47. The highest BCUT2D eigenvalue weighted by Crippen LogP contribution is 2.03. The van der Waals surface area contributed by atoms with Gasteiger partial charge in [-0.1, -0.05) is 20.8 Å². The molecule has 0 heterocycles. The van der Waals surface area contributed by atoms with Gasteiger partial charge in [-0.3, -0.25) is 0 Å². The van der Waals surface area contributed by atoms with E-state index in [9.17, 15) is 8.42 Å². The molecular formula is C11H26N2O2S. The molecule has 0 aromatic carbocycles. The van der Waals surface area contributed by atoms with E-state index in [-0.39, 0.29) is 5.25 Å². The first kappa shape index (κ1) is 15.9. The van der Waals surface area contributed by atoms with Crippen LogP contribution in [-0.2, 0) is 10.0 Å². The van der Waals surface area contributed by atoms with E-state index in [0.717, 1.165) is 19.4 Å². The number of sulfonamides is 1. The molecule has 0 radical (unpaired) electrons. The van der Waals surface area contributed by atoms with E-state index in [1.807, 2.05) is 6.92 Å². The Morgan fingerprint density at radius 3 is 2.31 bits per heavy atom. The summed E-state index contributed by atoms with van der Waals surface area (Å²) in [6.45, 7) is 9.84. The zero-order valence-corrected chi connectivity index (χ0v) is 11.7. The second kappa shape index (κ2) is 8.03. The summed E-state index contributed by atoms with van der Waals surface area (Å²) in [4.78, 5) is 0. The molecular weight excluding hydrogens is 224 g/mol. The summed E-state index contributed by atoms with van der Waals surface area (Å²) in [5.41, 5.74) is 0. The zero-order valence-electron chi connectivity index (χ0n) is 10.9. The Balaban J connectivity index is 3.86. The lowest BCUT2D eigenvalue weighted by molar-refractivity contribution is 0.532. The van der Waals surface area contributed by atoms with Gasteiger partial charge in [0, 0.05) is 13.1 Å². The number of hydrogen-bond donors (Lipinski definition) is 2. The summed E-state index contributed by atoms with van der Waals surface area (Å²) >= 11 is 0. The average molecular weight is 250 g/mol. The van der Waals surface area contributed by atoms with Crippen LogP contribution in [0.3, 0.4) is 0 Å². The quantitative estimate of drug-likeness (QED) is 0.607. The Morgan fingerprint density at radius 1 is 1.19 bits per heavy atom. The minimum absolute atomic E-state index is 0.369. The molecule has 4 nitrogen and oxygen atoms in total. The standard InChI is InChI=1S/C11H26N2O2S/c1-5-12-9-11(4)16(14,15)13-8-6-7-10(2)3/h10-13H,5-9H2,1-4H3. The highest BCUT2D eigenvalue weighted by atomic mass is 32.2. The minimum Gasteiger partial charge on any atom is -0.316 e. The Bertz CT molecular complexity index is 263. The highest BCUT2D eigenvalue weighted by Gasteiger charge is 2.18. The molecule has 0 saturated carbocycles. The van der Waals surface area contributed by atoms with Gasteiger partial charge < -0.3 is 5.32 Å². The number of hydrogen-bond acceptors (Lipinski definition) is 3. The predicted octanol–water partition coefficient (Wildman–Crippen LogP) is 1.34. The second-order valence-corrected chi connectivity index (χ2v) is 6.78. The van der Waals surface area contributed by atoms with Crippen LogP contribution in [0, 0.1) is 5.92 Å². The van der Waals surface area contributed by atoms with Crippen molar-refractivity contribution in [2.45, 2.75) is 45.8 Å².